The molecule has 0 saturated heterocycles. The zero-order valence-electron chi connectivity index (χ0n) is 11.5. The lowest BCUT2D eigenvalue weighted by Gasteiger charge is -2.14. The van der Waals surface area contributed by atoms with E-state index in [1.165, 1.54) is 22.9 Å². The molecular formula is C14H11N3O5. The molecule has 0 fully saturated rings. The van der Waals surface area contributed by atoms with Crippen molar-refractivity contribution in [1.29, 1.82) is 0 Å². The summed E-state index contributed by atoms with van der Waals surface area (Å²) in [6, 6.07) is 6.37. The van der Waals surface area contributed by atoms with Crippen LogP contribution in [-0.2, 0) is 18.5 Å². The van der Waals surface area contributed by atoms with E-state index < -0.39 is 23.1 Å². The molecule has 8 heteroatoms. The molecule has 2 aromatic rings. The number of aryl methyl sites for hydroxylation is 1. The minimum atomic E-state index is -0.806. The SMILES string of the molecule is Cn1cc(O)c(=O)nc1CON1C(=O)c2ccccc2C1=O. The highest BCUT2D eigenvalue weighted by molar-refractivity contribution is 6.20. The number of rotatable bonds is 3. The average molecular weight is 301 g/mol. The van der Waals surface area contributed by atoms with Gasteiger partial charge in [-0.15, -0.1) is 5.06 Å². The topological polar surface area (TPSA) is 102 Å². The molecule has 0 unspecified atom stereocenters. The molecule has 2 heterocycles. The molecule has 1 aromatic carbocycles. The first-order valence-electron chi connectivity index (χ1n) is 6.35. The zero-order valence-corrected chi connectivity index (χ0v) is 11.5. The Morgan fingerprint density at radius 1 is 1.14 bits per heavy atom. The molecule has 1 aromatic heterocycles. The average Bonchev–Trinajstić information content (AvgIpc) is 2.74. The molecule has 0 atom stereocenters. The lowest BCUT2D eigenvalue weighted by atomic mass is 10.1. The Kier molecular flexibility index (Phi) is 3.22. The van der Waals surface area contributed by atoms with Gasteiger partial charge in [0.2, 0.25) is 0 Å². The van der Waals surface area contributed by atoms with Gasteiger partial charge < -0.3 is 9.67 Å². The third kappa shape index (κ3) is 2.15. The van der Waals surface area contributed by atoms with Gasteiger partial charge in [-0.25, -0.2) is 0 Å². The molecule has 0 saturated carbocycles. The van der Waals surface area contributed by atoms with Crippen molar-refractivity contribution in [2.45, 2.75) is 6.61 Å². The van der Waals surface area contributed by atoms with E-state index in [0.717, 1.165) is 0 Å². The number of hydrogen-bond acceptors (Lipinski definition) is 6. The maximum Gasteiger partial charge on any atom is 0.315 e. The van der Waals surface area contributed by atoms with Crippen LogP contribution in [-0.4, -0.2) is 31.5 Å². The molecule has 1 aliphatic heterocycles. The molecule has 0 spiro atoms. The number of imide groups is 1. The van der Waals surface area contributed by atoms with E-state index >= 15 is 0 Å². The molecule has 2 amide bonds. The summed E-state index contributed by atoms with van der Waals surface area (Å²) in [5, 5.41) is 9.89. The van der Waals surface area contributed by atoms with Crippen molar-refractivity contribution in [1.82, 2.24) is 14.6 Å². The molecule has 1 aliphatic rings. The molecule has 8 nitrogen and oxygen atoms in total. The van der Waals surface area contributed by atoms with E-state index in [1.807, 2.05) is 0 Å². The lowest BCUT2D eigenvalue weighted by Crippen LogP contribution is -2.31. The van der Waals surface area contributed by atoms with Gasteiger partial charge in [-0.3, -0.25) is 19.2 Å². The number of nitrogens with zero attached hydrogens (tertiary/aromatic N) is 3. The number of benzene rings is 1. The van der Waals surface area contributed by atoms with Crippen molar-refractivity contribution < 1.29 is 19.5 Å². The first-order chi connectivity index (χ1) is 10.5. The van der Waals surface area contributed by atoms with E-state index in [9.17, 15) is 19.5 Å². The van der Waals surface area contributed by atoms with Crippen LogP contribution in [0.15, 0.2) is 35.3 Å². The quantitative estimate of drug-likeness (QED) is 0.813. The molecule has 22 heavy (non-hydrogen) atoms. The summed E-state index contributed by atoms with van der Waals surface area (Å²) in [4.78, 5) is 44.3. The Balaban J connectivity index is 1.82. The van der Waals surface area contributed by atoms with Crippen LogP contribution < -0.4 is 5.56 Å². The van der Waals surface area contributed by atoms with Crippen LogP contribution in [0.3, 0.4) is 0 Å². The van der Waals surface area contributed by atoms with E-state index in [2.05, 4.69) is 4.98 Å². The number of hydrogen-bond donors (Lipinski definition) is 1. The smallest absolute Gasteiger partial charge is 0.315 e. The molecule has 1 N–H and O–H groups in total. The monoisotopic (exact) mass is 301 g/mol. The molecule has 0 bridgehead atoms. The van der Waals surface area contributed by atoms with Gasteiger partial charge in [0, 0.05) is 7.05 Å². The fraction of sp³-hybridized carbons (Fsp3) is 0.143. The van der Waals surface area contributed by atoms with Crippen LogP contribution in [0.5, 0.6) is 5.75 Å². The van der Waals surface area contributed by atoms with Gasteiger partial charge in [-0.05, 0) is 12.1 Å². The number of fused-ring (bicyclic) bond motifs is 1. The summed E-state index contributed by atoms with van der Waals surface area (Å²) >= 11 is 0. The Morgan fingerprint density at radius 2 is 1.73 bits per heavy atom. The van der Waals surface area contributed by atoms with Crippen LogP contribution in [0.1, 0.15) is 26.5 Å². The molecule has 0 radical (unpaired) electrons. The van der Waals surface area contributed by atoms with Gasteiger partial charge in [0.05, 0.1) is 17.3 Å². The van der Waals surface area contributed by atoms with Gasteiger partial charge >= 0.3 is 5.56 Å². The van der Waals surface area contributed by atoms with Crippen LogP contribution in [0, 0.1) is 0 Å². The van der Waals surface area contributed by atoms with E-state index in [-0.39, 0.29) is 23.6 Å². The Bertz CT molecular complexity index is 808. The molecule has 112 valence electrons. The maximum absolute atomic E-state index is 12.1. The Morgan fingerprint density at radius 3 is 2.32 bits per heavy atom. The second kappa shape index (κ2) is 5.08. The van der Waals surface area contributed by atoms with Crippen molar-refractivity contribution in [3.05, 3.63) is 57.8 Å². The third-order valence-electron chi connectivity index (χ3n) is 3.25. The fourth-order valence-electron chi connectivity index (χ4n) is 2.11. The van der Waals surface area contributed by atoms with Crippen LogP contribution in [0.25, 0.3) is 0 Å². The summed E-state index contributed by atoms with van der Waals surface area (Å²) < 4.78 is 1.37. The van der Waals surface area contributed by atoms with Crippen molar-refractivity contribution >= 4 is 11.8 Å². The van der Waals surface area contributed by atoms with E-state index in [1.54, 1.807) is 19.2 Å². The number of amides is 2. The van der Waals surface area contributed by atoms with Crippen molar-refractivity contribution in [2.24, 2.45) is 7.05 Å². The van der Waals surface area contributed by atoms with Crippen LogP contribution in [0.2, 0.25) is 0 Å². The minimum Gasteiger partial charge on any atom is -0.502 e. The number of aromatic hydroxyl groups is 1. The van der Waals surface area contributed by atoms with Crippen molar-refractivity contribution in [2.75, 3.05) is 0 Å². The fourth-order valence-corrected chi connectivity index (χ4v) is 2.11. The van der Waals surface area contributed by atoms with Gasteiger partial charge in [0.1, 0.15) is 12.4 Å². The summed E-state index contributed by atoms with van der Waals surface area (Å²) in [5.74, 6) is -1.46. The first-order valence-corrected chi connectivity index (χ1v) is 6.35. The van der Waals surface area contributed by atoms with Crippen LogP contribution >= 0.6 is 0 Å². The highest BCUT2D eigenvalue weighted by atomic mass is 16.7. The molecular weight excluding hydrogens is 290 g/mol. The molecule has 3 rings (SSSR count). The minimum absolute atomic E-state index is 0.166. The number of aromatic nitrogens is 2. The lowest BCUT2D eigenvalue weighted by molar-refractivity contribution is -0.103. The predicted molar refractivity (Wildman–Crippen MR) is 72.9 cm³/mol. The first kappa shape index (κ1) is 14.0. The molecule has 0 aliphatic carbocycles. The second-order valence-corrected chi connectivity index (χ2v) is 4.68. The van der Waals surface area contributed by atoms with Gasteiger partial charge in [-0.1, -0.05) is 12.1 Å². The van der Waals surface area contributed by atoms with Gasteiger partial charge in [0.25, 0.3) is 11.8 Å². The summed E-state index contributed by atoms with van der Waals surface area (Å²) in [7, 11) is 1.55. The summed E-state index contributed by atoms with van der Waals surface area (Å²) in [6.07, 6.45) is 1.18. The van der Waals surface area contributed by atoms with E-state index in [4.69, 9.17) is 4.84 Å². The second-order valence-electron chi connectivity index (χ2n) is 4.68. The largest absolute Gasteiger partial charge is 0.502 e. The standard InChI is InChI=1S/C14H11N3O5/c1-16-6-10(18)12(19)15-11(16)7-22-17-13(20)8-4-2-3-5-9(8)14(17)21/h2-6,18H,7H2,1H3. The Hall–Kier alpha value is -3.00. The van der Waals surface area contributed by atoms with Gasteiger partial charge in [-0.2, -0.15) is 4.98 Å². The maximum atomic E-state index is 12.1. The van der Waals surface area contributed by atoms with E-state index in [0.29, 0.717) is 5.06 Å². The van der Waals surface area contributed by atoms with Crippen LogP contribution in [0.4, 0.5) is 0 Å². The Labute approximate surface area is 124 Å². The van der Waals surface area contributed by atoms with Crippen molar-refractivity contribution in [3.8, 4) is 5.75 Å². The normalized spacial score (nSPS) is 13.6. The number of carbonyl (C=O) groups excluding carboxylic acids is 2. The highest BCUT2D eigenvalue weighted by Gasteiger charge is 2.36. The third-order valence-corrected chi connectivity index (χ3v) is 3.25. The van der Waals surface area contributed by atoms with Crippen molar-refractivity contribution in [3.63, 3.8) is 0 Å². The number of carbonyl (C=O) groups is 2. The highest BCUT2D eigenvalue weighted by Crippen LogP contribution is 2.23. The summed E-state index contributed by atoms with van der Waals surface area (Å²) in [6.45, 7) is -0.266. The predicted octanol–water partition coefficient (Wildman–Crippen LogP) is 0.214. The van der Waals surface area contributed by atoms with Gasteiger partial charge in [0.15, 0.2) is 5.75 Å². The number of hydroxylamine groups is 2. The summed E-state index contributed by atoms with van der Waals surface area (Å²) in [5.41, 5.74) is -0.279. The zero-order chi connectivity index (χ0) is 15.9.